The molecular formula is C13H17N3O2S. The number of nitrogens with zero attached hydrogens (tertiary/aromatic N) is 2. The lowest BCUT2D eigenvalue weighted by Gasteiger charge is -2.34. The Hall–Kier alpha value is -1.58. The number of hydrogen-bond donors (Lipinski definition) is 1. The number of rotatable bonds is 3. The number of benzene rings is 1. The van der Waals surface area contributed by atoms with Gasteiger partial charge in [0.25, 0.3) is 0 Å². The Bertz CT molecular complexity index is 575. The van der Waals surface area contributed by atoms with Crippen LogP contribution in [-0.4, -0.2) is 33.8 Å². The maximum absolute atomic E-state index is 11.3. The summed E-state index contributed by atoms with van der Waals surface area (Å²) in [6, 6.07) is 9.41. The summed E-state index contributed by atoms with van der Waals surface area (Å²) in [7, 11) is -3.16. The number of piperidine rings is 1. The lowest BCUT2D eigenvalue weighted by molar-refractivity contribution is 0.467. The van der Waals surface area contributed by atoms with Gasteiger partial charge in [-0.05, 0) is 37.1 Å². The number of sulfonamides is 1. The van der Waals surface area contributed by atoms with Crippen LogP contribution in [0.15, 0.2) is 24.3 Å². The highest BCUT2D eigenvalue weighted by atomic mass is 32.2. The van der Waals surface area contributed by atoms with Crippen molar-refractivity contribution in [2.45, 2.75) is 18.9 Å². The van der Waals surface area contributed by atoms with Gasteiger partial charge in [-0.3, -0.25) is 0 Å². The third-order valence-corrected chi connectivity index (χ3v) is 3.93. The molecular weight excluding hydrogens is 262 g/mol. The molecule has 1 aromatic rings. The smallest absolute Gasteiger partial charge is 0.209 e. The Morgan fingerprint density at radius 1 is 1.37 bits per heavy atom. The van der Waals surface area contributed by atoms with E-state index in [4.69, 9.17) is 5.26 Å². The standard InChI is InChI=1S/C13H17N3O2S/c1-19(17,18)15-12-3-2-8-16(10-12)13-6-4-11(9-14)5-7-13/h4-7,12,15H,2-3,8,10H2,1H3. The molecule has 2 rings (SSSR count). The van der Waals surface area contributed by atoms with Crippen LogP contribution in [-0.2, 0) is 10.0 Å². The lowest BCUT2D eigenvalue weighted by atomic mass is 10.1. The summed E-state index contributed by atoms with van der Waals surface area (Å²) in [5.74, 6) is 0. The molecule has 6 heteroatoms. The quantitative estimate of drug-likeness (QED) is 0.898. The first-order valence-electron chi connectivity index (χ1n) is 6.20. The van der Waals surface area contributed by atoms with E-state index in [1.165, 1.54) is 6.26 Å². The van der Waals surface area contributed by atoms with Gasteiger partial charge in [0.1, 0.15) is 0 Å². The van der Waals surface area contributed by atoms with Crippen molar-refractivity contribution in [3.63, 3.8) is 0 Å². The normalized spacial score (nSPS) is 20.0. The molecule has 19 heavy (non-hydrogen) atoms. The van der Waals surface area contributed by atoms with Gasteiger partial charge < -0.3 is 4.90 Å². The maximum Gasteiger partial charge on any atom is 0.209 e. The monoisotopic (exact) mass is 279 g/mol. The lowest BCUT2D eigenvalue weighted by Crippen LogP contribution is -2.47. The molecule has 1 unspecified atom stereocenters. The largest absolute Gasteiger partial charge is 0.370 e. The van der Waals surface area contributed by atoms with Gasteiger partial charge in [0, 0.05) is 24.8 Å². The third kappa shape index (κ3) is 3.94. The highest BCUT2D eigenvalue weighted by Gasteiger charge is 2.22. The Balaban J connectivity index is 2.06. The zero-order valence-electron chi connectivity index (χ0n) is 10.8. The molecule has 0 saturated carbocycles. The topological polar surface area (TPSA) is 73.2 Å². The number of hydrogen-bond acceptors (Lipinski definition) is 4. The summed E-state index contributed by atoms with van der Waals surface area (Å²) < 4.78 is 25.2. The molecule has 1 atom stereocenters. The second kappa shape index (κ2) is 5.59. The molecule has 1 aliphatic rings. The van der Waals surface area contributed by atoms with E-state index in [1.807, 2.05) is 12.1 Å². The summed E-state index contributed by atoms with van der Waals surface area (Å²) in [5.41, 5.74) is 1.66. The summed E-state index contributed by atoms with van der Waals surface area (Å²) >= 11 is 0. The van der Waals surface area contributed by atoms with Crippen LogP contribution < -0.4 is 9.62 Å². The fourth-order valence-electron chi connectivity index (χ4n) is 2.36. The van der Waals surface area contributed by atoms with Gasteiger partial charge in [-0.25, -0.2) is 13.1 Å². The van der Waals surface area contributed by atoms with Crippen LogP contribution in [0.3, 0.4) is 0 Å². The van der Waals surface area contributed by atoms with E-state index in [-0.39, 0.29) is 6.04 Å². The first-order chi connectivity index (χ1) is 8.98. The SMILES string of the molecule is CS(=O)(=O)NC1CCCN(c2ccc(C#N)cc2)C1. The van der Waals surface area contributed by atoms with Crippen molar-refractivity contribution >= 4 is 15.7 Å². The zero-order chi connectivity index (χ0) is 13.9. The Morgan fingerprint density at radius 3 is 2.63 bits per heavy atom. The van der Waals surface area contributed by atoms with Crippen LogP contribution in [0.5, 0.6) is 0 Å². The molecule has 0 radical (unpaired) electrons. The fourth-order valence-corrected chi connectivity index (χ4v) is 3.16. The van der Waals surface area contributed by atoms with Crippen molar-refractivity contribution in [2.24, 2.45) is 0 Å². The molecule has 1 aromatic carbocycles. The van der Waals surface area contributed by atoms with Gasteiger partial charge in [0.05, 0.1) is 17.9 Å². The predicted octanol–water partition coefficient (Wildman–Crippen LogP) is 1.08. The minimum absolute atomic E-state index is 0.0422. The molecule has 1 heterocycles. The predicted molar refractivity (Wildman–Crippen MR) is 74.4 cm³/mol. The number of anilines is 1. The van der Waals surface area contributed by atoms with Crippen molar-refractivity contribution < 1.29 is 8.42 Å². The molecule has 1 fully saturated rings. The van der Waals surface area contributed by atoms with Crippen molar-refractivity contribution in [1.29, 1.82) is 5.26 Å². The van der Waals surface area contributed by atoms with E-state index in [0.717, 1.165) is 25.1 Å². The number of nitrogens with one attached hydrogen (secondary N) is 1. The van der Waals surface area contributed by atoms with Gasteiger partial charge in [0.2, 0.25) is 10.0 Å². The molecule has 1 N–H and O–H groups in total. The molecule has 0 bridgehead atoms. The summed E-state index contributed by atoms with van der Waals surface area (Å²) in [6.07, 6.45) is 3.00. The summed E-state index contributed by atoms with van der Waals surface area (Å²) in [6.45, 7) is 1.58. The van der Waals surface area contributed by atoms with Crippen molar-refractivity contribution in [1.82, 2.24) is 4.72 Å². The van der Waals surface area contributed by atoms with E-state index in [9.17, 15) is 8.42 Å². The maximum atomic E-state index is 11.3. The van der Waals surface area contributed by atoms with Crippen LogP contribution in [0, 0.1) is 11.3 Å². The highest BCUT2D eigenvalue weighted by molar-refractivity contribution is 7.88. The molecule has 0 spiro atoms. The first-order valence-corrected chi connectivity index (χ1v) is 8.09. The number of nitriles is 1. The van der Waals surface area contributed by atoms with Crippen LogP contribution in [0.25, 0.3) is 0 Å². The average Bonchev–Trinajstić information content (AvgIpc) is 2.37. The Kier molecular flexibility index (Phi) is 4.08. The van der Waals surface area contributed by atoms with Crippen molar-refractivity contribution in [2.75, 3.05) is 24.2 Å². The minimum atomic E-state index is -3.16. The van der Waals surface area contributed by atoms with Crippen LogP contribution in [0.1, 0.15) is 18.4 Å². The molecule has 0 aromatic heterocycles. The zero-order valence-corrected chi connectivity index (χ0v) is 11.7. The van der Waals surface area contributed by atoms with Crippen LogP contribution in [0.2, 0.25) is 0 Å². The third-order valence-electron chi connectivity index (χ3n) is 3.16. The molecule has 0 amide bonds. The van der Waals surface area contributed by atoms with Gasteiger partial charge in [0.15, 0.2) is 0 Å². The molecule has 1 saturated heterocycles. The van der Waals surface area contributed by atoms with Gasteiger partial charge in [-0.2, -0.15) is 5.26 Å². The molecule has 5 nitrogen and oxygen atoms in total. The minimum Gasteiger partial charge on any atom is -0.370 e. The van der Waals surface area contributed by atoms with E-state index in [1.54, 1.807) is 12.1 Å². The average molecular weight is 279 g/mol. The van der Waals surface area contributed by atoms with E-state index in [0.29, 0.717) is 12.1 Å². The van der Waals surface area contributed by atoms with Crippen LogP contribution in [0.4, 0.5) is 5.69 Å². The molecule has 1 aliphatic heterocycles. The highest BCUT2D eigenvalue weighted by Crippen LogP contribution is 2.20. The molecule has 102 valence electrons. The fraction of sp³-hybridized carbons (Fsp3) is 0.462. The first kappa shape index (κ1) is 13.8. The van der Waals surface area contributed by atoms with E-state index in [2.05, 4.69) is 15.7 Å². The van der Waals surface area contributed by atoms with Crippen molar-refractivity contribution in [3.8, 4) is 6.07 Å². The van der Waals surface area contributed by atoms with Gasteiger partial charge in [-0.15, -0.1) is 0 Å². The Labute approximate surface area is 113 Å². The Morgan fingerprint density at radius 2 is 2.05 bits per heavy atom. The second-order valence-electron chi connectivity index (χ2n) is 4.83. The van der Waals surface area contributed by atoms with Crippen LogP contribution >= 0.6 is 0 Å². The summed E-state index contributed by atoms with van der Waals surface area (Å²) in [5, 5.41) is 8.77. The molecule has 0 aliphatic carbocycles. The van der Waals surface area contributed by atoms with Gasteiger partial charge >= 0.3 is 0 Å². The summed E-state index contributed by atoms with van der Waals surface area (Å²) in [4.78, 5) is 2.15. The van der Waals surface area contributed by atoms with Gasteiger partial charge in [-0.1, -0.05) is 0 Å². The van der Waals surface area contributed by atoms with Crippen molar-refractivity contribution in [3.05, 3.63) is 29.8 Å². The second-order valence-corrected chi connectivity index (χ2v) is 6.61. The van der Waals surface area contributed by atoms with E-state index >= 15 is 0 Å². The van der Waals surface area contributed by atoms with E-state index < -0.39 is 10.0 Å².